The van der Waals surface area contributed by atoms with Crippen LogP contribution in [0.4, 0.5) is 0 Å². The summed E-state index contributed by atoms with van der Waals surface area (Å²) in [5, 5.41) is 6.19. The molecular formula is C19H25N3O2S. The smallest absolute Gasteiger partial charge is 0.228 e. The van der Waals surface area contributed by atoms with E-state index in [9.17, 15) is 4.79 Å². The minimum atomic E-state index is 0.142. The third kappa shape index (κ3) is 5.03. The van der Waals surface area contributed by atoms with Crippen molar-refractivity contribution in [3.05, 3.63) is 45.9 Å². The van der Waals surface area contributed by atoms with Crippen LogP contribution in [-0.2, 0) is 17.8 Å². The number of carbonyl (C=O) groups excluding carboxylic acids is 1. The number of hydrogen-bond donors (Lipinski definition) is 1. The van der Waals surface area contributed by atoms with Gasteiger partial charge in [-0.15, -0.1) is 11.3 Å². The Morgan fingerprint density at radius 1 is 1.32 bits per heavy atom. The Hall–Kier alpha value is -1.92. The molecule has 6 heteroatoms. The largest absolute Gasteiger partial charge is 0.486 e. The standard InChI is InChI=1S/C19H25N3O2S/c1-14-3-5-17(6-4-14)24-12-18-21-15(13-25-18)11-19(23)22(2)16-7-9-20-10-8-16/h3-6,13,16,20H,7-12H2,1-2H3. The van der Waals surface area contributed by atoms with Gasteiger partial charge in [0.2, 0.25) is 5.91 Å². The van der Waals surface area contributed by atoms with Crippen LogP contribution in [0.5, 0.6) is 5.75 Å². The van der Waals surface area contributed by atoms with E-state index in [1.165, 1.54) is 5.56 Å². The second-order valence-electron chi connectivity index (χ2n) is 6.50. The van der Waals surface area contributed by atoms with Crippen molar-refractivity contribution in [2.45, 2.75) is 38.8 Å². The van der Waals surface area contributed by atoms with E-state index in [-0.39, 0.29) is 5.91 Å². The number of carbonyl (C=O) groups is 1. The normalized spacial score (nSPS) is 15.1. The van der Waals surface area contributed by atoms with Gasteiger partial charge in [-0.25, -0.2) is 4.98 Å². The van der Waals surface area contributed by atoms with Crippen LogP contribution in [0.1, 0.15) is 29.1 Å². The average Bonchev–Trinajstić information content (AvgIpc) is 3.08. The molecule has 1 saturated heterocycles. The molecule has 1 N–H and O–H groups in total. The van der Waals surface area contributed by atoms with Crippen LogP contribution in [0.15, 0.2) is 29.6 Å². The number of piperidine rings is 1. The molecule has 25 heavy (non-hydrogen) atoms. The van der Waals surface area contributed by atoms with Crippen molar-refractivity contribution in [2.75, 3.05) is 20.1 Å². The van der Waals surface area contributed by atoms with E-state index >= 15 is 0 Å². The summed E-state index contributed by atoms with van der Waals surface area (Å²) < 4.78 is 5.75. The van der Waals surface area contributed by atoms with E-state index in [4.69, 9.17) is 4.74 Å². The number of ether oxygens (including phenoxy) is 1. The van der Waals surface area contributed by atoms with Crippen molar-refractivity contribution in [2.24, 2.45) is 0 Å². The first-order valence-electron chi connectivity index (χ1n) is 8.71. The van der Waals surface area contributed by atoms with E-state index in [2.05, 4.69) is 17.2 Å². The molecule has 1 fully saturated rings. The maximum atomic E-state index is 12.5. The highest BCUT2D eigenvalue weighted by molar-refractivity contribution is 7.09. The van der Waals surface area contributed by atoms with Gasteiger partial charge in [-0.3, -0.25) is 4.79 Å². The summed E-state index contributed by atoms with van der Waals surface area (Å²) in [7, 11) is 1.91. The van der Waals surface area contributed by atoms with Gasteiger partial charge in [0.15, 0.2) is 0 Å². The maximum absolute atomic E-state index is 12.5. The van der Waals surface area contributed by atoms with Gasteiger partial charge >= 0.3 is 0 Å². The van der Waals surface area contributed by atoms with E-state index in [0.29, 0.717) is 19.1 Å². The molecule has 1 aliphatic rings. The van der Waals surface area contributed by atoms with Crippen molar-refractivity contribution in [1.82, 2.24) is 15.2 Å². The molecule has 2 aromatic rings. The van der Waals surface area contributed by atoms with Crippen LogP contribution in [0.25, 0.3) is 0 Å². The molecule has 1 aromatic heterocycles. The van der Waals surface area contributed by atoms with Crippen LogP contribution in [0, 0.1) is 6.92 Å². The Bertz CT molecular complexity index is 693. The lowest BCUT2D eigenvalue weighted by molar-refractivity contribution is -0.131. The second kappa shape index (κ2) is 8.45. The molecule has 0 aliphatic carbocycles. The summed E-state index contributed by atoms with van der Waals surface area (Å²) >= 11 is 1.54. The fourth-order valence-corrected chi connectivity index (χ4v) is 3.66. The molecule has 0 atom stereocenters. The number of amides is 1. The zero-order chi connectivity index (χ0) is 17.6. The van der Waals surface area contributed by atoms with Gasteiger partial charge in [0.25, 0.3) is 0 Å². The highest BCUT2D eigenvalue weighted by Gasteiger charge is 2.22. The Kier molecular flexibility index (Phi) is 6.04. The van der Waals surface area contributed by atoms with E-state index < -0.39 is 0 Å². The van der Waals surface area contributed by atoms with Gasteiger partial charge < -0.3 is 15.0 Å². The monoisotopic (exact) mass is 359 g/mol. The first-order chi connectivity index (χ1) is 12.1. The van der Waals surface area contributed by atoms with Crippen LogP contribution in [0.2, 0.25) is 0 Å². The minimum Gasteiger partial charge on any atom is -0.486 e. The van der Waals surface area contributed by atoms with E-state index in [1.807, 2.05) is 41.6 Å². The SMILES string of the molecule is Cc1ccc(OCc2nc(CC(=O)N(C)C3CCNCC3)cs2)cc1. The number of nitrogens with zero attached hydrogens (tertiary/aromatic N) is 2. The highest BCUT2D eigenvalue weighted by atomic mass is 32.1. The van der Waals surface area contributed by atoms with Crippen molar-refractivity contribution in [3.8, 4) is 5.75 Å². The molecular weight excluding hydrogens is 334 g/mol. The molecule has 2 heterocycles. The molecule has 1 aromatic carbocycles. The lowest BCUT2D eigenvalue weighted by Gasteiger charge is -2.31. The van der Waals surface area contributed by atoms with Crippen LogP contribution in [-0.4, -0.2) is 42.0 Å². The number of nitrogens with one attached hydrogen (secondary N) is 1. The number of thiazole rings is 1. The Balaban J connectivity index is 1.50. The molecule has 134 valence electrons. The van der Waals surface area contributed by atoms with Crippen molar-refractivity contribution in [3.63, 3.8) is 0 Å². The van der Waals surface area contributed by atoms with Crippen molar-refractivity contribution in [1.29, 1.82) is 0 Å². The summed E-state index contributed by atoms with van der Waals surface area (Å²) in [5.74, 6) is 0.979. The summed E-state index contributed by atoms with van der Waals surface area (Å²) in [4.78, 5) is 18.9. The van der Waals surface area contributed by atoms with Gasteiger partial charge in [0.1, 0.15) is 17.4 Å². The second-order valence-corrected chi connectivity index (χ2v) is 7.44. The summed E-state index contributed by atoms with van der Waals surface area (Å²) in [6.45, 7) is 4.46. The first-order valence-corrected chi connectivity index (χ1v) is 9.59. The Morgan fingerprint density at radius 3 is 2.76 bits per heavy atom. The zero-order valence-electron chi connectivity index (χ0n) is 14.8. The lowest BCUT2D eigenvalue weighted by atomic mass is 10.0. The number of aryl methyl sites for hydroxylation is 1. The third-order valence-corrected chi connectivity index (χ3v) is 5.44. The first kappa shape index (κ1) is 17.9. The molecule has 1 amide bonds. The summed E-state index contributed by atoms with van der Waals surface area (Å²) in [5.41, 5.74) is 2.04. The number of likely N-dealkylation sites (N-methyl/N-ethyl adjacent to an activating group) is 1. The molecule has 0 bridgehead atoms. The maximum Gasteiger partial charge on any atom is 0.228 e. The molecule has 0 saturated carbocycles. The number of hydrogen-bond acceptors (Lipinski definition) is 5. The third-order valence-electron chi connectivity index (χ3n) is 4.56. The lowest BCUT2D eigenvalue weighted by Crippen LogP contribution is -2.44. The van der Waals surface area contributed by atoms with Gasteiger partial charge in [-0.1, -0.05) is 17.7 Å². The molecule has 1 aliphatic heterocycles. The fourth-order valence-electron chi connectivity index (χ4n) is 2.95. The molecule has 0 spiro atoms. The fraction of sp³-hybridized carbons (Fsp3) is 0.474. The average molecular weight is 359 g/mol. The predicted molar refractivity (Wildman–Crippen MR) is 100.0 cm³/mol. The van der Waals surface area contributed by atoms with Crippen LogP contribution in [0.3, 0.4) is 0 Å². The van der Waals surface area contributed by atoms with Gasteiger partial charge in [0, 0.05) is 18.5 Å². The van der Waals surface area contributed by atoms with Crippen molar-refractivity contribution >= 4 is 17.2 Å². The predicted octanol–water partition coefficient (Wildman–Crippen LogP) is 2.78. The van der Waals surface area contributed by atoms with Gasteiger partial charge in [-0.05, 0) is 45.0 Å². The number of benzene rings is 1. The van der Waals surface area contributed by atoms with Crippen LogP contribution >= 0.6 is 11.3 Å². The number of rotatable bonds is 6. The Morgan fingerprint density at radius 2 is 2.04 bits per heavy atom. The van der Waals surface area contributed by atoms with Gasteiger partial charge in [-0.2, -0.15) is 0 Å². The highest BCUT2D eigenvalue weighted by Crippen LogP contribution is 2.17. The summed E-state index contributed by atoms with van der Waals surface area (Å²) in [6.07, 6.45) is 2.41. The molecule has 5 nitrogen and oxygen atoms in total. The van der Waals surface area contributed by atoms with Gasteiger partial charge in [0.05, 0.1) is 12.1 Å². The zero-order valence-corrected chi connectivity index (χ0v) is 15.6. The molecule has 0 unspecified atom stereocenters. The van der Waals surface area contributed by atoms with E-state index in [1.54, 1.807) is 11.3 Å². The molecule has 0 radical (unpaired) electrons. The topological polar surface area (TPSA) is 54.5 Å². The minimum absolute atomic E-state index is 0.142. The van der Waals surface area contributed by atoms with Crippen LogP contribution < -0.4 is 10.1 Å². The Labute approximate surface area is 153 Å². The summed E-state index contributed by atoms with van der Waals surface area (Å²) in [6, 6.07) is 8.31. The quantitative estimate of drug-likeness (QED) is 0.862. The molecule has 3 rings (SSSR count). The number of aromatic nitrogens is 1. The van der Waals surface area contributed by atoms with E-state index in [0.717, 1.165) is 42.4 Å². The van der Waals surface area contributed by atoms with Crippen molar-refractivity contribution < 1.29 is 9.53 Å².